The van der Waals surface area contributed by atoms with Crippen molar-refractivity contribution in [2.75, 3.05) is 46.4 Å². The van der Waals surface area contributed by atoms with Gasteiger partial charge in [-0.1, -0.05) is 0 Å². The first kappa shape index (κ1) is 21.7. The van der Waals surface area contributed by atoms with Crippen LogP contribution in [0.15, 0.2) is 0 Å². The van der Waals surface area contributed by atoms with Gasteiger partial charge in [0.25, 0.3) is 5.92 Å². The van der Waals surface area contributed by atoms with Gasteiger partial charge in [0.15, 0.2) is 0 Å². The summed E-state index contributed by atoms with van der Waals surface area (Å²) in [6.45, 7) is 5.25. The Bertz CT molecular complexity index is 663. The molecule has 1 saturated carbocycles. The summed E-state index contributed by atoms with van der Waals surface area (Å²) in [6, 6.07) is -0.166. The summed E-state index contributed by atoms with van der Waals surface area (Å²) in [5, 5.41) is 2.54. The second-order valence-electron chi connectivity index (χ2n) is 9.56. The van der Waals surface area contributed by atoms with Crippen molar-refractivity contribution in [3.05, 3.63) is 0 Å². The Balaban J connectivity index is 1.26. The van der Waals surface area contributed by atoms with Gasteiger partial charge in [-0.3, -0.25) is 9.69 Å². The molecule has 0 radical (unpaired) electrons. The van der Waals surface area contributed by atoms with E-state index in [2.05, 4.69) is 10.2 Å². The number of amides is 2. The maximum atomic E-state index is 14.0. The molecule has 4 aliphatic rings. The molecule has 30 heavy (non-hydrogen) atoms. The van der Waals surface area contributed by atoms with Crippen molar-refractivity contribution >= 4 is 12.0 Å². The summed E-state index contributed by atoms with van der Waals surface area (Å²) in [5.41, 5.74) is 0.232. The molecule has 9 heteroatoms. The lowest BCUT2D eigenvalue weighted by atomic mass is 9.64. The first-order valence-electron chi connectivity index (χ1n) is 11.3. The van der Waals surface area contributed by atoms with Gasteiger partial charge < -0.3 is 19.9 Å². The highest BCUT2D eigenvalue weighted by Crippen LogP contribution is 2.50. The van der Waals surface area contributed by atoms with E-state index in [1.165, 1.54) is 7.05 Å². The van der Waals surface area contributed by atoms with Gasteiger partial charge in [0, 0.05) is 38.6 Å². The Labute approximate surface area is 177 Å². The fraction of sp³-hybridized carbons (Fsp3) is 0.905. The summed E-state index contributed by atoms with van der Waals surface area (Å²) in [6.07, 6.45) is 4.28. The maximum Gasteiger partial charge on any atom is 0.409 e. The van der Waals surface area contributed by atoms with E-state index in [1.807, 2.05) is 11.8 Å². The first-order valence-corrected chi connectivity index (χ1v) is 11.3. The van der Waals surface area contributed by atoms with E-state index in [1.54, 1.807) is 4.90 Å². The van der Waals surface area contributed by atoms with Gasteiger partial charge in [-0.05, 0) is 57.5 Å². The summed E-state index contributed by atoms with van der Waals surface area (Å²) in [7, 11) is 1.51. The fourth-order valence-corrected chi connectivity index (χ4v) is 6.06. The molecule has 1 unspecified atom stereocenters. The summed E-state index contributed by atoms with van der Waals surface area (Å²) >= 11 is 0. The van der Waals surface area contributed by atoms with Gasteiger partial charge in [-0.2, -0.15) is 0 Å². The van der Waals surface area contributed by atoms with E-state index in [0.29, 0.717) is 12.6 Å². The number of piperidine rings is 1. The largest absolute Gasteiger partial charge is 0.450 e. The average Bonchev–Trinajstić information content (AvgIpc) is 3.28. The van der Waals surface area contributed by atoms with Crippen LogP contribution in [0.1, 0.15) is 45.4 Å². The van der Waals surface area contributed by atoms with Crippen molar-refractivity contribution in [3.8, 4) is 0 Å². The number of carbonyl (C=O) groups excluding carboxylic acids is 2. The standard InChI is InChI=1S/C21H34F2N4O3/c1-3-30-19(29)26-9-6-20(13-26)10-16(11-20)25-7-4-15(5-8-25)27-14-21(22,23)12-17(27)18(28)24-2/h15-17H,3-14H2,1-2H3,(H,24,28). The van der Waals surface area contributed by atoms with Gasteiger partial charge in [0.2, 0.25) is 5.91 Å². The van der Waals surface area contributed by atoms with Crippen LogP contribution in [0.2, 0.25) is 0 Å². The fourth-order valence-electron chi connectivity index (χ4n) is 6.06. The van der Waals surface area contributed by atoms with Crippen LogP contribution >= 0.6 is 0 Å². The zero-order valence-corrected chi connectivity index (χ0v) is 18.0. The molecule has 0 aromatic heterocycles. The Morgan fingerprint density at radius 3 is 2.40 bits per heavy atom. The quantitative estimate of drug-likeness (QED) is 0.741. The van der Waals surface area contributed by atoms with E-state index < -0.39 is 12.0 Å². The monoisotopic (exact) mass is 428 g/mol. The molecule has 0 aromatic rings. The number of likely N-dealkylation sites (N-methyl/N-ethyl adjacent to an activating group) is 1. The van der Waals surface area contributed by atoms with Crippen LogP contribution in [0.4, 0.5) is 13.6 Å². The first-order chi connectivity index (χ1) is 14.3. The molecule has 2 amide bonds. The lowest BCUT2D eigenvalue weighted by Gasteiger charge is -2.52. The van der Waals surface area contributed by atoms with Gasteiger partial charge in [0.05, 0.1) is 19.2 Å². The second kappa shape index (κ2) is 8.22. The highest BCUT2D eigenvalue weighted by atomic mass is 19.3. The van der Waals surface area contributed by atoms with Crippen LogP contribution in [0.25, 0.3) is 0 Å². The molecule has 1 spiro atoms. The second-order valence-corrected chi connectivity index (χ2v) is 9.56. The van der Waals surface area contributed by atoms with Crippen LogP contribution < -0.4 is 5.32 Å². The van der Waals surface area contributed by atoms with E-state index in [-0.39, 0.29) is 36.4 Å². The van der Waals surface area contributed by atoms with Gasteiger partial charge in [-0.25, -0.2) is 13.6 Å². The number of nitrogens with zero attached hydrogens (tertiary/aromatic N) is 3. The van der Waals surface area contributed by atoms with Crippen LogP contribution in [0.5, 0.6) is 0 Å². The third kappa shape index (κ3) is 4.15. The molecule has 1 atom stereocenters. The average molecular weight is 429 g/mol. The third-order valence-electron chi connectivity index (χ3n) is 7.64. The van der Waals surface area contributed by atoms with Gasteiger partial charge in [0.1, 0.15) is 0 Å². The Morgan fingerprint density at radius 2 is 1.77 bits per heavy atom. The Hall–Kier alpha value is -1.48. The lowest BCUT2D eigenvalue weighted by Crippen LogP contribution is -2.57. The summed E-state index contributed by atoms with van der Waals surface area (Å²) < 4.78 is 33.1. The number of hydrogen-bond acceptors (Lipinski definition) is 5. The molecule has 0 aromatic carbocycles. The predicted octanol–water partition coefficient (Wildman–Crippen LogP) is 1.92. The van der Waals surface area contributed by atoms with Crippen molar-refractivity contribution in [1.29, 1.82) is 0 Å². The van der Waals surface area contributed by atoms with Crippen molar-refractivity contribution in [2.45, 2.75) is 69.5 Å². The van der Waals surface area contributed by atoms with Crippen molar-refractivity contribution < 1.29 is 23.1 Å². The van der Waals surface area contributed by atoms with Crippen LogP contribution in [0.3, 0.4) is 0 Å². The molecular formula is C21H34F2N4O3. The molecule has 3 saturated heterocycles. The molecule has 170 valence electrons. The molecular weight excluding hydrogens is 394 g/mol. The van der Waals surface area contributed by atoms with Gasteiger partial charge >= 0.3 is 6.09 Å². The number of ether oxygens (including phenoxy) is 1. The van der Waals surface area contributed by atoms with Crippen LogP contribution in [0, 0.1) is 5.41 Å². The minimum absolute atomic E-state index is 0.0387. The lowest BCUT2D eigenvalue weighted by molar-refractivity contribution is -0.126. The van der Waals surface area contributed by atoms with Crippen molar-refractivity contribution in [2.24, 2.45) is 5.41 Å². The molecule has 4 rings (SSSR count). The number of rotatable bonds is 4. The Kier molecular flexibility index (Phi) is 5.96. The zero-order chi connectivity index (χ0) is 21.5. The highest BCUT2D eigenvalue weighted by Gasteiger charge is 2.53. The molecule has 1 aliphatic carbocycles. The van der Waals surface area contributed by atoms with Crippen molar-refractivity contribution in [3.63, 3.8) is 0 Å². The van der Waals surface area contributed by atoms with E-state index in [0.717, 1.165) is 58.3 Å². The minimum Gasteiger partial charge on any atom is -0.450 e. The highest BCUT2D eigenvalue weighted by molar-refractivity contribution is 5.82. The third-order valence-corrected chi connectivity index (χ3v) is 7.64. The number of nitrogens with one attached hydrogen (secondary N) is 1. The van der Waals surface area contributed by atoms with Crippen molar-refractivity contribution in [1.82, 2.24) is 20.0 Å². The zero-order valence-electron chi connectivity index (χ0n) is 18.0. The molecule has 3 heterocycles. The summed E-state index contributed by atoms with van der Waals surface area (Å²) in [5.74, 6) is -3.09. The number of hydrogen-bond donors (Lipinski definition) is 1. The predicted molar refractivity (Wildman–Crippen MR) is 107 cm³/mol. The van der Waals surface area contributed by atoms with Gasteiger partial charge in [-0.15, -0.1) is 0 Å². The van der Waals surface area contributed by atoms with E-state index in [4.69, 9.17) is 4.74 Å². The maximum absolute atomic E-state index is 14.0. The molecule has 0 bridgehead atoms. The minimum atomic E-state index is -2.79. The van der Waals surface area contributed by atoms with Crippen LogP contribution in [-0.4, -0.2) is 97.1 Å². The van der Waals surface area contributed by atoms with E-state index in [9.17, 15) is 18.4 Å². The topological polar surface area (TPSA) is 65.1 Å². The molecule has 7 nitrogen and oxygen atoms in total. The molecule has 4 fully saturated rings. The molecule has 1 N–H and O–H groups in total. The number of alkyl halides is 2. The number of likely N-dealkylation sites (tertiary alicyclic amines) is 3. The molecule has 3 aliphatic heterocycles. The summed E-state index contributed by atoms with van der Waals surface area (Å²) in [4.78, 5) is 30.1. The number of carbonyl (C=O) groups is 2. The number of halogens is 2. The van der Waals surface area contributed by atoms with Crippen LogP contribution in [-0.2, 0) is 9.53 Å². The smallest absolute Gasteiger partial charge is 0.409 e. The normalized spacial score (nSPS) is 34.9. The van der Waals surface area contributed by atoms with E-state index >= 15 is 0 Å². The Morgan fingerprint density at radius 1 is 1.07 bits per heavy atom. The SMILES string of the molecule is CCOC(=O)N1CCC2(CC(N3CCC(N4CC(F)(F)CC4C(=O)NC)CC3)C2)C1.